The second-order valence-electron chi connectivity index (χ2n) is 3.65. The van der Waals surface area contributed by atoms with Crippen LogP contribution in [0.4, 0.5) is 5.69 Å². The Hall–Kier alpha value is -1.14. The van der Waals surface area contributed by atoms with Crippen molar-refractivity contribution >= 4 is 40.1 Å². The number of hydrogen-bond donors (Lipinski definition) is 0. The highest BCUT2D eigenvalue weighted by molar-refractivity contribution is 8.14. The van der Waals surface area contributed by atoms with Gasteiger partial charge in [0.05, 0.1) is 18.1 Å². The van der Waals surface area contributed by atoms with Crippen LogP contribution in [-0.2, 0) is 9.59 Å². The summed E-state index contributed by atoms with van der Waals surface area (Å²) in [6.07, 6.45) is 3.38. The van der Waals surface area contributed by atoms with Gasteiger partial charge in [-0.05, 0) is 11.6 Å². The molecule has 90 valence electrons. The Bertz CT molecular complexity index is 451. The summed E-state index contributed by atoms with van der Waals surface area (Å²) in [6, 6.07) is 0. The van der Waals surface area contributed by atoms with E-state index in [1.165, 1.54) is 31.1 Å². The summed E-state index contributed by atoms with van der Waals surface area (Å²) in [5.41, 5.74) is 0.617. The highest BCUT2D eigenvalue weighted by atomic mass is 35.5. The second kappa shape index (κ2) is 5.01. The van der Waals surface area contributed by atoms with Crippen LogP contribution in [0.3, 0.4) is 0 Å². The third kappa shape index (κ3) is 2.95. The summed E-state index contributed by atoms with van der Waals surface area (Å²) in [6.45, 7) is 2.01. The first-order chi connectivity index (χ1) is 8.06. The highest BCUT2D eigenvalue weighted by Gasteiger charge is 2.32. The number of nitrogens with zero attached hydrogens (tertiary/aromatic N) is 3. The molecule has 0 spiro atoms. The fourth-order valence-electron chi connectivity index (χ4n) is 1.68. The Morgan fingerprint density at radius 3 is 2.76 bits per heavy atom. The molecule has 1 atom stereocenters. The molecule has 2 rings (SSSR count). The number of rotatable bonds is 2. The number of carbonyl (C=O) groups excluding carboxylic acids is 2. The van der Waals surface area contributed by atoms with Gasteiger partial charge in [-0.15, -0.1) is 0 Å². The molecule has 1 aliphatic heterocycles. The van der Waals surface area contributed by atoms with Crippen LogP contribution in [0.5, 0.6) is 0 Å². The molecule has 7 heteroatoms. The lowest BCUT2D eigenvalue weighted by molar-refractivity contribution is -0.117. The van der Waals surface area contributed by atoms with E-state index in [9.17, 15) is 9.59 Å². The molecule has 2 heterocycles. The van der Waals surface area contributed by atoms with Crippen LogP contribution in [0.25, 0.3) is 0 Å². The number of amides is 1. The summed E-state index contributed by atoms with van der Waals surface area (Å²) < 4.78 is 0. The molecule has 17 heavy (non-hydrogen) atoms. The highest BCUT2D eigenvalue weighted by Crippen LogP contribution is 2.27. The van der Waals surface area contributed by atoms with Gasteiger partial charge in [-0.2, -0.15) is 0 Å². The van der Waals surface area contributed by atoms with Crippen LogP contribution in [0.2, 0.25) is 5.28 Å². The molecule has 1 aliphatic rings. The monoisotopic (exact) mass is 271 g/mol. The smallest absolute Gasteiger partial charge is 0.228 e. The van der Waals surface area contributed by atoms with Crippen molar-refractivity contribution in [2.45, 2.75) is 18.6 Å². The standard InChI is InChI=1S/C10H10ClN3O2S/c1-6(15)17-8-2-9(16)14(5-8)7-3-12-10(11)13-4-7/h3-4,8H,2,5H2,1H3. The van der Waals surface area contributed by atoms with E-state index in [4.69, 9.17) is 11.6 Å². The minimum Gasteiger partial charge on any atom is -0.308 e. The zero-order valence-electron chi connectivity index (χ0n) is 9.09. The first-order valence-corrected chi connectivity index (χ1v) is 6.27. The van der Waals surface area contributed by atoms with Gasteiger partial charge in [-0.25, -0.2) is 9.97 Å². The van der Waals surface area contributed by atoms with Gasteiger partial charge in [0, 0.05) is 25.1 Å². The summed E-state index contributed by atoms with van der Waals surface area (Å²) in [5, 5.41) is 0.183. The predicted octanol–water partition coefficient (Wildman–Crippen LogP) is 1.51. The molecule has 0 aromatic carbocycles. The van der Waals surface area contributed by atoms with E-state index in [2.05, 4.69) is 9.97 Å². The molecule has 1 fully saturated rings. The molecule has 1 amide bonds. The van der Waals surface area contributed by atoms with Crippen molar-refractivity contribution in [1.82, 2.24) is 9.97 Å². The number of hydrogen-bond acceptors (Lipinski definition) is 5. The topological polar surface area (TPSA) is 63.2 Å². The zero-order valence-corrected chi connectivity index (χ0v) is 10.7. The normalized spacial score (nSPS) is 19.8. The van der Waals surface area contributed by atoms with E-state index in [1.54, 1.807) is 4.90 Å². The van der Waals surface area contributed by atoms with E-state index in [0.29, 0.717) is 18.7 Å². The van der Waals surface area contributed by atoms with Gasteiger partial charge in [0.2, 0.25) is 11.2 Å². The maximum absolute atomic E-state index is 11.8. The van der Waals surface area contributed by atoms with Crippen molar-refractivity contribution in [3.05, 3.63) is 17.7 Å². The first kappa shape index (κ1) is 12.3. The maximum Gasteiger partial charge on any atom is 0.228 e. The zero-order chi connectivity index (χ0) is 12.4. The summed E-state index contributed by atoms with van der Waals surface area (Å²) >= 11 is 6.78. The van der Waals surface area contributed by atoms with Crippen molar-refractivity contribution in [1.29, 1.82) is 0 Å². The average Bonchev–Trinajstić information content (AvgIpc) is 2.59. The first-order valence-electron chi connectivity index (χ1n) is 5.01. The van der Waals surface area contributed by atoms with Gasteiger partial charge in [0.25, 0.3) is 0 Å². The van der Waals surface area contributed by atoms with Crippen LogP contribution < -0.4 is 4.90 Å². The number of halogens is 1. The summed E-state index contributed by atoms with van der Waals surface area (Å²) in [5.74, 6) is -0.0188. The van der Waals surface area contributed by atoms with E-state index < -0.39 is 0 Å². The van der Waals surface area contributed by atoms with E-state index >= 15 is 0 Å². The van der Waals surface area contributed by atoms with Crippen LogP contribution in [0.15, 0.2) is 12.4 Å². The SMILES string of the molecule is CC(=O)SC1CC(=O)N(c2cnc(Cl)nc2)C1. The van der Waals surface area contributed by atoms with Crippen LogP contribution in [0, 0.1) is 0 Å². The van der Waals surface area contributed by atoms with Gasteiger partial charge in [-0.1, -0.05) is 11.8 Å². The maximum atomic E-state index is 11.8. The summed E-state index contributed by atoms with van der Waals surface area (Å²) in [7, 11) is 0. The lowest BCUT2D eigenvalue weighted by atomic mass is 10.4. The van der Waals surface area contributed by atoms with Gasteiger partial charge < -0.3 is 4.90 Å². The van der Waals surface area contributed by atoms with E-state index in [-0.39, 0.29) is 21.6 Å². The van der Waals surface area contributed by atoms with Crippen molar-refractivity contribution < 1.29 is 9.59 Å². The average molecular weight is 272 g/mol. The van der Waals surface area contributed by atoms with Gasteiger partial charge in [0.1, 0.15) is 0 Å². The predicted molar refractivity (Wildman–Crippen MR) is 66.1 cm³/mol. The number of aromatic nitrogens is 2. The van der Waals surface area contributed by atoms with Gasteiger partial charge >= 0.3 is 0 Å². The number of anilines is 1. The quantitative estimate of drug-likeness (QED) is 0.763. The molecular weight excluding hydrogens is 262 g/mol. The summed E-state index contributed by atoms with van der Waals surface area (Å²) in [4.78, 5) is 32.0. The Kier molecular flexibility index (Phi) is 3.63. The lowest BCUT2D eigenvalue weighted by Crippen LogP contribution is -2.25. The van der Waals surface area contributed by atoms with Gasteiger partial charge in [-0.3, -0.25) is 9.59 Å². The molecule has 0 aliphatic carbocycles. The fraction of sp³-hybridized carbons (Fsp3) is 0.400. The van der Waals surface area contributed by atoms with Crippen LogP contribution in [0.1, 0.15) is 13.3 Å². The molecule has 1 aromatic rings. The van der Waals surface area contributed by atoms with E-state index in [1.807, 2.05) is 0 Å². The molecular formula is C10H10ClN3O2S. The van der Waals surface area contributed by atoms with Crippen LogP contribution >= 0.6 is 23.4 Å². The number of carbonyl (C=O) groups is 2. The molecule has 0 bridgehead atoms. The Labute approximate surface area is 108 Å². The molecule has 0 N–H and O–H groups in total. The van der Waals surface area contributed by atoms with Crippen molar-refractivity contribution in [3.8, 4) is 0 Å². The Morgan fingerprint density at radius 1 is 1.53 bits per heavy atom. The molecule has 1 saturated heterocycles. The van der Waals surface area contributed by atoms with Gasteiger partial charge in [0.15, 0.2) is 5.12 Å². The van der Waals surface area contributed by atoms with Crippen molar-refractivity contribution in [2.75, 3.05) is 11.4 Å². The minimum atomic E-state index is -0.0188. The van der Waals surface area contributed by atoms with Crippen molar-refractivity contribution in [2.24, 2.45) is 0 Å². The molecule has 0 saturated carbocycles. The second-order valence-corrected chi connectivity index (χ2v) is 5.47. The minimum absolute atomic E-state index is 0.00989. The van der Waals surface area contributed by atoms with E-state index in [0.717, 1.165) is 0 Å². The molecule has 1 aromatic heterocycles. The lowest BCUT2D eigenvalue weighted by Gasteiger charge is -2.15. The largest absolute Gasteiger partial charge is 0.308 e. The van der Waals surface area contributed by atoms with Crippen LogP contribution in [-0.4, -0.2) is 32.8 Å². The molecule has 1 unspecified atom stereocenters. The Balaban J connectivity index is 2.10. The fourth-order valence-corrected chi connectivity index (χ4v) is 2.70. The molecule has 5 nitrogen and oxygen atoms in total. The number of thioether (sulfide) groups is 1. The third-order valence-corrected chi connectivity index (χ3v) is 3.52. The third-order valence-electron chi connectivity index (χ3n) is 2.34. The van der Waals surface area contributed by atoms with Crippen molar-refractivity contribution in [3.63, 3.8) is 0 Å². The Morgan fingerprint density at radius 2 is 2.18 bits per heavy atom. The molecule has 0 radical (unpaired) electrons.